The third kappa shape index (κ3) is 4.65. The van der Waals surface area contributed by atoms with Gasteiger partial charge in [-0.05, 0) is 85.1 Å². The number of rotatable bonds is 5. The van der Waals surface area contributed by atoms with Crippen molar-refractivity contribution in [3.05, 3.63) is 102 Å². The number of thiocarbonyl (C=S) groups is 1. The topological polar surface area (TPSA) is 49.2 Å². The minimum absolute atomic E-state index is 0.138. The molecule has 2 aliphatic rings. The first kappa shape index (κ1) is 24.9. The lowest BCUT2D eigenvalue weighted by Gasteiger charge is -2.37. The molecule has 0 radical (unpaired) electrons. The van der Waals surface area contributed by atoms with Crippen molar-refractivity contribution in [1.82, 2.24) is 19.9 Å². The van der Waals surface area contributed by atoms with E-state index >= 15 is 0 Å². The van der Waals surface area contributed by atoms with Gasteiger partial charge in [0, 0.05) is 54.9 Å². The highest BCUT2D eigenvalue weighted by atomic mass is 35.5. The number of halogens is 1. The molecule has 0 bridgehead atoms. The van der Waals surface area contributed by atoms with Gasteiger partial charge in [-0.15, -0.1) is 0 Å². The van der Waals surface area contributed by atoms with Gasteiger partial charge >= 0.3 is 0 Å². The van der Waals surface area contributed by atoms with Crippen molar-refractivity contribution in [1.29, 1.82) is 0 Å². The summed E-state index contributed by atoms with van der Waals surface area (Å²) in [7, 11) is 0. The second-order valence-electron chi connectivity index (χ2n) is 10.5. The highest BCUT2D eigenvalue weighted by Gasteiger charge is 2.42. The second-order valence-corrected chi connectivity index (χ2v) is 11.3. The number of nitrogens with one attached hydrogen (secondary N) is 1. The van der Waals surface area contributed by atoms with Gasteiger partial charge in [0.2, 0.25) is 0 Å². The van der Waals surface area contributed by atoms with Gasteiger partial charge in [0.1, 0.15) is 6.04 Å². The summed E-state index contributed by atoms with van der Waals surface area (Å²) in [4.78, 5) is 13.5. The van der Waals surface area contributed by atoms with E-state index in [4.69, 9.17) is 28.8 Å². The van der Waals surface area contributed by atoms with Crippen molar-refractivity contribution < 1.29 is 0 Å². The summed E-state index contributed by atoms with van der Waals surface area (Å²) in [5.74, 6) is 1.30. The van der Waals surface area contributed by atoms with Crippen LogP contribution in [0.15, 0.2) is 85.5 Å². The molecule has 194 valence electrons. The van der Waals surface area contributed by atoms with E-state index in [-0.39, 0.29) is 12.1 Å². The first-order valence-corrected chi connectivity index (χ1v) is 13.9. The Labute approximate surface area is 234 Å². The predicted octanol–water partition coefficient (Wildman–Crippen LogP) is 6.58. The molecule has 1 N–H and O–H groups in total. The summed E-state index contributed by atoms with van der Waals surface area (Å²) in [6, 6.07) is 20.3. The SMILES string of the molecule is C[C@@H]1C[C@H](C)CN(c2ccc(N3C(=S)N[C@@H](c4ccccn4)[C@@H]3c3cccn3-c3ccncc3)cc2Cl)C1. The first-order chi connectivity index (χ1) is 18.5. The Balaban J connectivity index is 1.42. The van der Waals surface area contributed by atoms with Crippen LogP contribution >= 0.6 is 23.8 Å². The van der Waals surface area contributed by atoms with Crippen LogP contribution in [-0.2, 0) is 0 Å². The van der Waals surface area contributed by atoms with E-state index in [1.807, 2.05) is 48.9 Å². The fourth-order valence-electron chi connectivity index (χ4n) is 6.07. The summed E-state index contributed by atoms with van der Waals surface area (Å²) in [5, 5.41) is 4.96. The lowest BCUT2D eigenvalue weighted by Crippen LogP contribution is -2.38. The maximum atomic E-state index is 6.98. The molecule has 4 aromatic rings. The number of pyridine rings is 2. The molecule has 5 heterocycles. The summed E-state index contributed by atoms with van der Waals surface area (Å²) in [5.41, 5.74) is 5.12. The van der Waals surface area contributed by atoms with Crippen molar-refractivity contribution in [2.24, 2.45) is 11.8 Å². The highest BCUT2D eigenvalue weighted by Crippen LogP contribution is 2.44. The molecule has 3 aromatic heterocycles. The monoisotopic (exact) mass is 542 g/mol. The normalized spacial score (nSPS) is 23.5. The average Bonchev–Trinajstić information content (AvgIpc) is 3.53. The summed E-state index contributed by atoms with van der Waals surface area (Å²) < 4.78 is 2.19. The Hall–Kier alpha value is -3.42. The Kier molecular flexibility index (Phi) is 6.80. The molecule has 0 aliphatic carbocycles. The van der Waals surface area contributed by atoms with Crippen molar-refractivity contribution in [2.75, 3.05) is 22.9 Å². The number of aromatic nitrogens is 3. The zero-order chi connectivity index (χ0) is 26.2. The molecule has 6 nitrogen and oxygen atoms in total. The van der Waals surface area contributed by atoms with E-state index in [9.17, 15) is 0 Å². The van der Waals surface area contributed by atoms with Crippen LogP contribution in [-0.4, -0.2) is 32.7 Å². The van der Waals surface area contributed by atoms with Crippen LogP contribution in [0.4, 0.5) is 11.4 Å². The minimum atomic E-state index is -0.141. The molecule has 0 saturated carbocycles. The molecule has 0 spiro atoms. The van der Waals surface area contributed by atoms with E-state index in [0.29, 0.717) is 16.9 Å². The summed E-state index contributed by atoms with van der Waals surface area (Å²) in [6.07, 6.45) is 8.78. The third-order valence-electron chi connectivity index (χ3n) is 7.54. The number of nitrogens with zero attached hydrogens (tertiary/aromatic N) is 5. The Bertz CT molecular complexity index is 1420. The minimum Gasteiger partial charge on any atom is -0.370 e. The largest absolute Gasteiger partial charge is 0.370 e. The van der Waals surface area contributed by atoms with Crippen molar-refractivity contribution >= 4 is 40.3 Å². The van der Waals surface area contributed by atoms with Gasteiger partial charge in [-0.1, -0.05) is 31.5 Å². The molecule has 8 heteroatoms. The van der Waals surface area contributed by atoms with E-state index in [2.05, 4.69) is 75.0 Å². The maximum Gasteiger partial charge on any atom is 0.174 e. The number of anilines is 2. The zero-order valence-electron chi connectivity index (χ0n) is 21.5. The van der Waals surface area contributed by atoms with Gasteiger partial charge in [0.25, 0.3) is 0 Å². The van der Waals surface area contributed by atoms with Crippen molar-refractivity contribution in [2.45, 2.75) is 32.4 Å². The van der Waals surface area contributed by atoms with Crippen molar-refractivity contribution in [3.8, 4) is 5.69 Å². The Morgan fingerprint density at radius 1 is 0.921 bits per heavy atom. The van der Waals surface area contributed by atoms with Gasteiger partial charge in [-0.3, -0.25) is 9.97 Å². The van der Waals surface area contributed by atoms with E-state index in [1.165, 1.54) is 6.42 Å². The molecular weight excluding hydrogens is 512 g/mol. The van der Waals surface area contributed by atoms with Gasteiger partial charge in [0.15, 0.2) is 5.11 Å². The fraction of sp³-hybridized carbons (Fsp3) is 0.300. The highest BCUT2D eigenvalue weighted by molar-refractivity contribution is 7.80. The molecule has 2 fully saturated rings. The van der Waals surface area contributed by atoms with Crippen LogP contribution in [0.3, 0.4) is 0 Å². The van der Waals surface area contributed by atoms with Crippen LogP contribution in [0.25, 0.3) is 5.69 Å². The molecule has 38 heavy (non-hydrogen) atoms. The number of piperidine rings is 1. The van der Waals surface area contributed by atoms with Crippen LogP contribution in [0, 0.1) is 11.8 Å². The summed E-state index contributed by atoms with van der Waals surface area (Å²) in [6.45, 7) is 6.69. The molecule has 2 aliphatic heterocycles. The Morgan fingerprint density at radius 3 is 2.42 bits per heavy atom. The smallest absolute Gasteiger partial charge is 0.174 e. The van der Waals surface area contributed by atoms with Crippen LogP contribution in [0.2, 0.25) is 5.02 Å². The fourth-order valence-corrected chi connectivity index (χ4v) is 6.71. The standard InChI is InChI=1S/C30H31ClN6S/c1-20-16-21(2)19-35(18-20)26-9-8-23(17-24(26)31)37-29(28(34-30(37)38)25-6-3-4-12-33-25)27-7-5-15-36(27)22-10-13-32-14-11-22/h3-15,17,20-21,28-29H,16,18-19H2,1-2H3,(H,34,38)/t20-,21+,28-,29-/m0/s1. The molecule has 1 aromatic carbocycles. The lowest BCUT2D eigenvalue weighted by molar-refractivity contribution is 0.357. The molecular formula is C30H31ClN6S. The quantitative estimate of drug-likeness (QED) is 0.287. The van der Waals surface area contributed by atoms with Gasteiger partial charge < -0.3 is 19.7 Å². The van der Waals surface area contributed by atoms with Crippen LogP contribution in [0.1, 0.15) is 43.7 Å². The van der Waals surface area contributed by atoms with E-state index in [0.717, 1.165) is 46.6 Å². The number of hydrogen-bond donors (Lipinski definition) is 1. The predicted molar refractivity (Wildman–Crippen MR) is 158 cm³/mol. The van der Waals surface area contributed by atoms with Gasteiger partial charge in [-0.25, -0.2) is 0 Å². The maximum absolute atomic E-state index is 6.98. The second kappa shape index (κ2) is 10.4. The summed E-state index contributed by atoms with van der Waals surface area (Å²) >= 11 is 12.9. The zero-order valence-corrected chi connectivity index (χ0v) is 23.1. The molecule has 4 atom stereocenters. The molecule has 2 saturated heterocycles. The average molecular weight is 543 g/mol. The van der Waals surface area contributed by atoms with Crippen LogP contribution < -0.4 is 15.1 Å². The molecule has 6 rings (SSSR count). The first-order valence-electron chi connectivity index (χ1n) is 13.1. The van der Waals surface area contributed by atoms with Gasteiger partial charge in [-0.2, -0.15) is 0 Å². The number of hydrogen-bond acceptors (Lipinski definition) is 4. The van der Waals surface area contributed by atoms with E-state index in [1.54, 1.807) is 0 Å². The number of benzene rings is 1. The molecule has 0 amide bonds. The van der Waals surface area contributed by atoms with Gasteiger partial charge in [0.05, 0.1) is 22.4 Å². The lowest BCUT2D eigenvalue weighted by atomic mass is 9.91. The Morgan fingerprint density at radius 2 is 1.71 bits per heavy atom. The van der Waals surface area contributed by atoms with Crippen LogP contribution in [0.5, 0.6) is 0 Å². The van der Waals surface area contributed by atoms with E-state index < -0.39 is 0 Å². The van der Waals surface area contributed by atoms with Crippen molar-refractivity contribution in [3.63, 3.8) is 0 Å². The molecule has 0 unspecified atom stereocenters. The third-order valence-corrected chi connectivity index (χ3v) is 8.16.